The lowest BCUT2D eigenvalue weighted by molar-refractivity contribution is -0.136. The fourth-order valence-corrected chi connectivity index (χ4v) is 2.75. The summed E-state index contributed by atoms with van der Waals surface area (Å²) in [4.78, 5) is 13.0. The quantitative estimate of drug-likeness (QED) is 0.900. The standard InChI is InChI=1S/C15H20ClNO2/c16-14-10-12(5-7-15(18)19)4-6-13(14)11-17-8-2-1-3-9-17/h4,6,10H,1-3,5,7-9,11H2,(H,18,19). The van der Waals surface area contributed by atoms with Crippen LogP contribution in [0.3, 0.4) is 0 Å². The predicted octanol–water partition coefficient (Wildman–Crippen LogP) is 3.34. The zero-order chi connectivity index (χ0) is 13.7. The van der Waals surface area contributed by atoms with Crippen LogP contribution in [0.15, 0.2) is 18.2 Å². The molecule has 1 heterocycles. The van der Waals surface area contributed by atoms with Gasteiger partial charge in [0.05, 0.1) is 0 Å². The molecule has 104 valence electrons. The first kappa shape index (κ1) is 14.4. The lowest BCUT2D eigenvalue weighted by Gasteiger charge is -2.26. The molecule has 0 saturated carbocycles. The number of carboxylic acid groups (broad SMARTS) is 1. The van der Waals surface area contributed by atoms with E-state index in [9.17, 15) is 4.79 Å². The molecule has 0 bridgehead atoms. The van der Waals surface area contributed by atoms with Gasteiger partial charge in [-0.05, 0) is 49.5 Å². The Hall–Kier alpha value is -1.06. The maximum Gasteiger partial charge on any atom is 0.303 e. The topological polar surface area (TPSA) is 40.5 Å². The van der Waals surface area contributed by atoms with Crippen molar-refractivity contribution in [3.63, 3.8) is 0 Å². The van der Waals surface area contributed by atoms with Gasteiger partial charge in [0, 0.05) is 18.0 Å². The van der Waals surface area contributed by atoms with E-state index in [2.05, 4.69) is 4.90 Å². The number of nitrogens with zero attached hydrogens (tertiary/aromatic N) is 1. The number of hydrogen-bond donors (Lipinski definition) is 1. The molecule has 0 aromatic heterocycles. The van der Waals surface area contributed by atoms with E-state index < -0.39 is 5.97 Å². The Balaban J connectivity index is 1.96. The van der Waals surface area contributed by atoms with E-state index in [0.717, 1.165) is 35.8 Å². The van der Waals surface area contributed by atoms with Crippen LogP contribution < -0.4 is 0 Å². The summed E-state index contributed by atoms with van der Waals surface area (Å²) in [5.41, 5.74) is 2.14. The molecular weight excluding hydrogens is 262 g/mol. The second-order valence-electron chi connectivity index (χ2n) is 5.16. The first-order valence-corrected chi connectivity index (χ1v) is 7.24. The number of piperidine rings is 1. The lowest BCUT2D eigenvalue weighted by Crippen LogP contribution is -2.29. The third kappa shape index (κ3) is 4.51. The molecule has 0 spiro atoms. The number of rotatable bonds is 5. The molecule has 1 fully saturated rings. The third-order valence-corrected chi connectivity index (χ3v) is 3.94. The molecule has 2 rings (SSSR count). The van der Waals surface area contributed by atoms with E-state index in [1.165, 1.54) is 19.3 Å². The average Bonchev–Trinajstić information content (AvgIpc) is 2.40. The Bertz CT molecular complexity index is 442. The summed E-state index contributed by atoms with van der Waals surface area (Å²) in [5.74, 6) is -0.770. The van der Waals surface area contributed by atoms with Crippen molar-refractivity contribution in [2.45, 2.75) is 38.6 Å². The van der Waals surface area contributed by atoms with Crippen LogP contribution in [0.1, 0.15) is 36.8 Å². The van der Waals surface area contributed by atoms with Gasteiger partial charge in [-0.25, -0.2) is 0 Å². The second-order valence-corrected chi connectivity index (χ2v) is 5.56. The summed E-state index contributed by atoms with van der Waals surface area (Å²) < 4.78 is 0. The number of likely N-dealkylation sites (tertiary alicyclic amines) is 1. The molecule has 19 heavy (non-hydrogen) atoms. The van der Waals surface area contributed by atoms with Gasteiger partial charge in [-0.1, -0.05) is 30.2 Å². The average molecular weight is 282 g/mol. The molecule has 4 heteroatoms. The summed E-state index contributed by atoms with van der Waals surface area (Å²) in [7, 11) is 0. The van der Waals surface area contributed by atoms with E-state index in [-0.39, 0.29) is 6.42 Å². The van der Waals surface area contributed by atoms with E-state index in [1.807, 2.05) is 18.2 Å². The highest BCUT2D eigenvalue weighted by Gasteiger charge is 2.12. The van der Waals surface area contributed by atoms with E-state index in [1.54, 1.807) is 0 Å². The number of carboxylic acids is 1. The fourth-order valence-electron chi connectivity index (χ4n) is 2.48. The highest BCUT2D eigenvalue weighted by molar-refractivity contribution is 6.31. The van der Waals surface area contributed by atoms with Gasteiger partial charge in [0.25, 0.3) is 0 Å². The molecule has 0 amide bonds. The minimum Gasteiger partial charge on any atom is -0.481 e. The molecule has 1 aromatic rings. The zero-order valence-electron chi connectivity index (χ0n) is 11.1. The Labute approximate surface area is 119 Å². The monoisotopic (exact) mass is 281 g/mol. The normalized spacial score (nSPS) is 16.5. The highest BCUT2D eigenvalue weighted by atomic mass is 35.5. The first-order chi connectivity index (χ1) is 9.15. The number of aliphatic carboxylic acids is 1. The Morgan fingerprint density at radius 2 is 2.00 bits per heavy atom. The number of carbonyl (C=O) groups is 1. The minimum absolute atomic E-state index is 0.155. The van der Waals surface area contributed by atoms with Gasteiger partial charge in [0.1, 0.15) is 0 Å². The van der Waals surface area contributed by atoms with Crippen LogP contribution in [0, 0.1) is 0 Å². The molecule has 1 aliphatic heterocycles. The molecular formula is C15H20ClNO2. The van der Waals surface area contributed by atoms with Gasteiger partial charge in [-0.15, -0.1) is 0 Å². The van der Waals surface area contributed by atoms with Crippen LogP contribution in [0.5, 0.6) is 0 Å². The van der Waals surface area contributed by atoms with Crippen LogP contribution in [0.25, 0.3) is 0 Å². The van der Waals surface area contributed by atoms with Gasteiger partial charge in [0.2, 0.25) is 0 Å². The second kappa shape index (κ2) is 6.92. The van der Waals surface area contributed by atoms with Gasteiger partial charge >= 0.3 is 5.97 Å². The van der Waals surface area contributed by atoms with Crippen LogP contribution in [0.4, 0.5) is 0 Å². The molecule has 1 saturated heterocycles. The molecule has 0 aliphatic carbocycles. The summed E-state index contributed by atoms with van der Waals surface area (Å²) in [6.07, 6.45) is 4.57. The van der Waals surface area contributed by atoms with Crippen molar-refractivity contribution in [3.8, 4) is 0 Å². The van der Waals surface area contributed by atoms with Crippen LogP contribution in [-0.2, 0) is 17.8 Å². The number of halogens is 1. The number of benzene rings is 1. The van der Waals surface area contributed by atoms with E-state index >= 15 is 0 Å². The molecule has 1 aromatic carbocycles. The Morgan fingerprint density at radius 1 is 1.26 bits per heavy atom. The van der Waals surface area contributed by atoms with E-state index in [4.69, 9.17) is 16.7 Å². The molecule has 1 N–H and O–H groups in total. The summed E-state index contributed by atoms with van der Waals surface area (Å²) in [6, 6.07) is 5.94. The fraction of sp³-hybridized carbons (Fsp3) is 0.533. The Kier molecular flexibility index (Phi) is 5.23. The maximum absolute atomic E-state index is 10.5. The molecule has 0 unspecified atom stereocenters. The summed E-state index contributed by atoms with van der Waals surface area (Å²) in [5, 5.41) is 9.43. The van der Waals surface area contributed by atoms with E-state index in [0.29, 0.717) is 6.42 Å². The van der Waals surface area contributed by atoms with Crippen molar-refractivity contribution in [1.82, 2.24) is 4.90 Å². The van der Waals surface area contributed by atoms with Gasteiger partial charge in [0.15, 0.2) is 0 Å². The predicted molar refractivity (Wildman–Crippen MR) is 76.5 cm³/mol. The van der Waals surface area contributed by atoms with Crippen LogP contribution >= 0.6 is 11.6 Å². The molecule has 1 aliphatic rings. The number of aryl methyl sites for hydroxylation is 1. The zero-order valence-corrected chi connectivity index (χ0v) is 11.8. The van der Waals surface area contributed by atoms with Crippen molar-refractivity contribution in [2.24, 2.45) is 0 Å². The molecule has 3 nitrogen and oxygen atoms in total. The van der Waals surface area contributed by atoms with Crippen LogP contribution in [0.2, 0.25) is 5.02 Å². The highest BCUT2D eigenvalue weighted by Crippen LogP contribution is 2.22. The lowest BCUT2D eigenvalue weighted by atomic mass is 10.1. The third-order valence-electron chi connectivity index (χ3n) is 3.59. The molecule has 0 radical (unpaired) electrons. The van der Waals surface area contributed by atoms with Crippen molar-refractivity contribution in [1.29, 1.82) is 0 Å². The van der Waals surface area contributed by atoms with Gasteiger partial charge in [-0.3, -0.25) is 9.69 Å². The van der Waals surface area contributed by atoms with Crippen molar-refractivity contribution in [3.05, 3.63) is 34.3 Å². The number of hydrogen-bond acceptors (Lipinski definition) is 2. The summed E-state index contributed by atoms with van der Waals surface area (Å²) >= 11 is 6.29. The van der Waals surface area contributed by atoms with Crippen molar-refractivity contribution < 1.29 is 9.90 Å². The van der Waals surface area contributed by atoms with Crippen molar-refractivity contribution in [2.75, 3.05) is 13.1 Å². The minimum atomic E-state index is -0.770. The SMILES string of the molecule is O=C(O)CCc1ccc(CN2CCCCC2)c(Cl)c1. The van der Waals surface area contributed by atoms with Gasteiger partial charge in [-0.2, -0.15) is 0 Å². The first-order valence-electron chi connectivity index (χ1n) is 6.86. The largest absolute Gasteiger partial charge is 0.481 e. The summed E-state index contributed by atoms with van der Waals surface area (Å²) in [6.45, 7) is 3.20. The molecule has 0 atom stereocenters. The maximum atomic E-state index is 10.5. The Morgan fingerprint density at radius 3 is 2.63 bits per heavy atom. The van der Waals surface area contributed by atoms with Gasteiger partial charge < -0.3 is 5.11 Å². The smallest absolute Gasteiger partial charge is 0.303 e. The van der Waals surface area contributed by atoms with Crippen LogP contribution in [-0.4, -0.2) is 29.1 Å². The van der Waals surface area contributed by atoms with Crippen molar-refractivity contribution >= 4 is 17.6 Å².